The molecule has 4 aromatic rings. The van der Waals surface area contributed by atoms with Gasteiger partial charge in [0, 0.05) is 0 Å². The van der Waals surface area contributed by atoms with Gasteiger partial charge in [-0.05, 0) is 0 Å². The van der Waals surface area contributed by atoms with Crippen LogP contribution in [-0.2, 0) is 15.7 Å². The van der Waals surface area contributed by atoms with Crippen molar-refractivity contribution in [3.05, 3.63) is 84.9 Å². The Morgan fingerprint density at radius 2 is 1.08 bits per heavy atom. The molecule has 0 aliphatic rings. The van der Waals surface area contributed by atoms with E-state index in [9.17, 15) is 0 Å². The summed E-state index contributed by atoms with van der Waals surface area (Å²) in [5, 5.41) is 5.32. The van der Waals surface area contributed by atoms with Crippen molar-refractivity contribution in [3.8, 4) is 0 Å². The van der Waals surface area contributed by atoms with Crippen molar-refractivity contribution in [3.63, 3.8) is 0 Å². The predicted molar refractivity (Wildman–Crippen MR) is 114 cm³/mol. The SMILES string of the molecule is C[Si](C)=[Zr]([Br])[Br].c1ccc2[cH-]ccc2c1.c1ccc2[cH-]ccc2c1. The van der Waals surface area contributed by atoms with E-state index in [1.54, 1.807) is 0 Å². The first-order chi connectivity index (χ1) is 11.6. The normalized spacial score (nSPS) is 9.67. The van der Waals surface area contributed by atoms with Crippen LogP contribution in [0.5, 0.6) is 0 Å². The van der Waals surface area contributed by atoms with Crippen molar-refractivity contribution in [2.45, 2.75) is 13.1 Å². The molecule has 0 saturated heterocycles. The summed E-state index contributed by atoms with van der Waals surface area (Å²) in [6, 6.07) is 29.3. The molecule has 4 heteroatoms. The summed E-state index contributed by atoms with van der Waals surface area (Å²) in [6.07, 6.45) is 0. The van der Waals surface area contributed by atoms with E-state index in [1.165, 1.54) is 21.5 Å². The zero-order chi connectivity index (χ0) is 17.4. The molecule has 0 N–H and O–H groups in total. The largest absolute Gasteiger partial charge is 0.168 e. The third-order valence-electron chi connectivity index (χ3n) is 3.47. The minimum Gasteiger partial charge on any atom is -0.168 e. The fourth-order valence-electron chi connectivity index (χ4n) is 2.14. The third kappa shape index (κ3) is 6.55. The summed E-state index contributed by atoms with van der Waals surface area (Å²) in [7, 11) is 0. The van der Waals surface area contributed by atoms with Crippen LogP contribution in [-0.4, -0.2) is 5.43 Å². The monoisotopic (exact) mass is 536 g/mol. The van der Waals surface area contributed by atoms with Gasteiger partial charge in [-0.2, -0.15) is 35.0 Å². The molecule has 0 aromatic heterocycles. The molecule has 0 spiro atoms. The van der Waals surface area contributed by atoms with E-state index in [2.05, 4.69) is 122 Å². The first-order valence-electron chi connectivity index (χ1n) is 7.77. The molecular weight excluding hydrogens is 519 g/mol. The number of hydrogen-bond acceptors (Lipinski definition) is 0. The van der Waals surface area contributed by atoms with Crippen molar-refractivity contribution in [1.29, 1.82) is 0 Å². The molecule has 0 heterocycles. The average Bonchev–Trinajstić information content (AvgIpc) is 3.24. The molecule has 0 saturated carbocycles. The Morgan fingerprint density at radius 1 is 0.708 bits per heavy atom. The maximum atomic E-state index is 3.60. The Kier molecular flexibility index (Phi) is 8.89. The van der Waals surface area contributed by atoms with E-state index in [4.69, 9.17) is 0 Å². The molecule has 4 rings (SSSR count). The summed E-state index contributed by atoms with van der Waals surface area (Å²) < 4.78 is 0. The van der Waals surface area contributed by atoms with Gasteiger partial charge in [0.15, 0.2) is 0 Å². The van der Waals surface area contributed by atoms with Crippen LogP contribution in [0.25, 0.3) is 21.5 Å². The molecule has 0 amide bonds. The van der Waals surface area contributed by atoms with Gasteiger partial charge < -0.3 is 0 Å². The average molecular weight is 539 g/mol. The molecule has 124 valence electrons. The molecule has 0 atom stereocenters. The Bertz CT molecular complexity index is 777. The first-order valence-corrected chi connectivity index (χ1v) is 25.2. The van der Waals surface area contributed by atoms with Crippen molar-refractivity contribution in [2.24, 2.45) is 0 Å². The van der Waals surface area contributed by atoms with E-state index in [-0.39, 0.29) is 5.43 Å². The summed E-state index contributed by atoms with van der Waals surface area (Å²) >= 11 is 6.22. The van der Waals surface area contributed by atoms with Gasteiger partial charge in [0.2, 0.25) is 0 Å². The molecule has 4 aromatic carbocycles. The predicted octanol–water partition coefficient (Wildman–Crippen LogP) is 7.59. The zero-order valence-electron chi connectivity index (χ0n) is 13.8. The molecule has 0 aliphatic heterocycles. The number of fused-ring (bicyclic) bond motifs is 2. The van der Waals surface area contributed by atoms with Crippen LogP contribution in [0.1, 0.15) is 0 Å². The zero-order valence-corrected chi connectivity index (χ0v) is 20.5. The van der Waals surface area contributed by atoms with Crippen LogP contribution in [0.3, 0.4) is 0 Å². The van der Waals surface area contributed by atoms with Crippen LogP contribution >= 0.6 is 24.4 Å². The quantitative estimate of drug-likeness (QED) is 0.160. The van der Waals surface area contributed by atoms with Crippen LogP contribution in [0, 0.1) is 0 Å². The van der Waals surface area contributed by atoms with Gasteiger partial charge in [0.25, 0.3) is 0 Å². The second kappa shape index (κ2) is 10.7. The molecule has 0 radical (unpaired) electrons. The smallest absolute Gasteiger partial charge is 0.0809 e. The number of hydrogen-bond donors (Lipinski definition) is 0. The summed E-state index contributed by atoms with van der Waals surface area (Å²) in [6.45, 7) is 4.67. The second-order valence-corrected chi connectivity index (χ2v) is 43.5. The molecule has 0 fully saturated rings. The molecule has 24 heavy (non-hydrogen) atoms. The van der Waals surface area contributed by atoms with E-state index in [0.29, 0.717) is 0 Å². The van der Waals surface area contributed by atoms with Gasteiger partial charge in [-0.25, -0.2) is 0 Å². The van der Waals surface area contributed by atoms with Crippen molar-refractivity contribution < 1.29 is 15.7 Å². The number of benzene rings is 2. The van der Waals surface area contributed by atoms with Crippen LogP contribution in [0.2, 0.25) is 13.1 Å². The van der Waals surface area contributed by atoms with Gasteiger partial charge >= 0.3 is 58.6 Å². The maximum Gasteiger partial charge on any atom is -0.0809 e. The fourth-order valence-corrected chi connectivity index (χ4v) is 2.14. The molecule has 0 bridgehead atoms. The summed E-state index contributed by atoms with van der Waals surface area (Å²) in [5.74, 6) is 0. The van der Waals surface area contributed by atoms with Crippen LogP contribution in [0.4, 0.5) is 0 Å². The van der Waals surface area contributed by atoms with Crippen molar-refractivity contribution in [1.82, 2.24) is 0 Å². The Balaban J connectivity index is 0.000000134. The van der Waals surface area contributed by atoms with Crippen molar-refractivity contribution in [2.75, 3.05) is 0 Å². The van der Waals surface area contributed by atoms with E-state index in [1.807, 2.05) is 0 Å². The van der Waals surface area contributed by atoms with Gasteiger partial charge in [0.05, 0.1) is 0 Å². The Morgan fingerprint density at radius 3 is 1.42 bits per heavy atom. The van der Waals surface area contributed by atoms with Crippen LogP contribution in [0.15, 0.2) is 84.9 Å². The maximum absolute atomic E-state index is 3.60. The van der Waals surface area contributed by atoms with E-state index in [0.717, 1.165) is 0 Å². The molecule has 0 nitrogen and oxygen atoms in total. The fraction of sp³-hybridized carbons (Fsp3) is 0.100. The standard InChI is InChI=1S/2C9H7.C2H6Si.2BrH.Zr/c2*1-2-5-9-7-3-6-8(9)4-1;1-3-2;;;/h2*1-7H;1-2H3;2*1H;/q2*-1;;;;+2/p-2. The summed E-state index contributed by atoms with van der Waals surface area (Å²) in [5.41, 5.74) is 0.0784. The third-order valence-corrected chi connectivity index (χ3v) is 38.0. The van der Waals surface area contributed by atoms with Crippen molar-refractivity contribution >= 4 is 51.4 Å². The summed E-state index contributed by atoms with van der Waals surface area (Å²) in [4.78, 5) is 0. The minimum atomic E-state index is -0.973. The topological polar surface area (TPSA) is 0 Å². The number of halogens is 2. The Labute approximate surface area is 163 Å². The number of rotatable bonds is 0. The van der Waals surface area contributed by atoms with Gasteiger partial charge in [-0.1, -0.05) is 12.1 Å². The van der Waals surface area contributed by atoms with E-state index < -0.39 is 15.7 Å². The second-order valence-electron chi connectivity index (χ2n) is 5.57. The van der Waals surface area contributed by atoms with E-state index >= 15 is 0 Å². The molecular formula is C20H20Br2SiZr-2. The Hall–Kier alpha value is -0.280. The van der Waals surface area contributed by atoms with Gasteiger partial charge in [0.1, 0.15) is 0 Å². The van der Waals surface area contributed by atoms with Gasteiger partial charge in [-0.15, -0.1) is 59.3 Å². The first kappa shape index (κ1) is 20.0. The molecule has 0 aliphatic carbocycles. The van der Waals surface area contributed by atoms with Crippen LogP contribution < -0.4 is 0 Å². The molecule has 0 unspecified atom stereocenters. The van der Waals surface area contributed by atoms with Gasteiger partial charge in [-0.3, -0.25) is 0 Å². The minimum absolute atomic E-state index is 0.0784.